The zero-order valence-corrected chi connectivity index (χ0v) is 13.2. The van der Waals surface area contributed by atoms with E-state index < -0.39 is 0 Å². The number of hydrogen-bond acceptors (Lipinski definition) is 2. The summed E-state index contributed by atoms with van der Waals surface area (Å²) in [6.07, 6.45) is 3.10. The van der Waals surface area contributed by atoms with Gasteiger partial charge in [-0.25, -0.2) is 0 Å². The zero-order chi connectivity index (χ0) is 14.5. The fourth-order valence-electron chi connectivity index (χ4n) is 1.73. The first-order valence-electron chi connectivity index (χ1n) is 6.06. The lowest BCUT2D eigenvalue weighted by molar-refractivity contribution is 0.104. The number of carbonyl (C=O) groups excluding carboxylic acids is 1. The summed E-state index contributed by atoms with van der Waals surface area (Å²) in [6.45, 7) is 1.96. The Morgan fingerprint density at radius 2 is 1.90 bits per heavy atom. The SMILES string of the molecule is Cc1cccc(Cl)c1NC=CC(=O)c1ccc(Br)cc1. The van der Waals surface area contributed by atoms with E-state index in [0.29, 0.717) is 10.6 Å². The first kappa shape index (κ1) is 14.8. The largest absolute Gasteiger partial charge is 0.360 e. The van der Waals surface area contributed by atoms with Crippen LogP contribution < -0.4 is 5.32 Å². The first-order valence-corrected chi connectivity index (χ1v) is 7.23. The van der Waals surface area contributed by atoms with Crippen molar-refractivity contribution in [2.45, 2.75) is 6.92 Å². The molecule has 0 fully saturated rings. The van der Waals surface area contributed by atoms with E-state index in [1.54, 1.807) is 24.4 Å². The summed E-state index contributed by atoms with van der Waals surface area (Å²) in [7, 11) is 0. The van der Waals surface area contributed by atoms with Gasteiger partial charge >= 0.3 is 0 Å². The Balaban J connectivity index is 2.07. The van der Waals surface area contributed by atoms with Gasteiger partial charge in [0.05, 0.1) is 10.7 Å². The van der Waals surface area contributed by atoms with Crippen LogP contribution in [0.1, 0.15) is 15.9 Å². The van der Waals surface area contributed by atoms with E-state index in [2.05, 4.69) is 21.2 Å². The van der Waals surface area contributed by atoms with Crippen molar-refractivity contribution in [3.8, 4) is 0 Å². The number of halogens is 2. The Morgan fingerprint density at radius 1 is 1.20 bits per heavy atom. The Labute approximate surface area is 131 Å². The van der Waals surface area contributed by atoms with Crippen LogP contribution in [0.25, 0.3) is 0 Å². The monoisotopic (exact) mass is 349 g/mol. The molecule has 0 aromatic heterocycles. The first-order chi connectivity index (χ1) is 9.58. The predicted octanol–water partition coefficient (Wildman–Crippen LogP) is 5.22. The number of ketones is 1. The maximum atomic E-state index is 11.9. The summed E-state index contributed by atoms with van der Waals surface area (Å²) < 4.78 is 0.947. The summed E-state index contributed by atoms with van der Waals surface area (Å²) in [5, 5.41) is 3.68. The lowest BCUT2D eigenvalue weighted by Gasteiger charge is -2.07. The van der Waals surface area contributed by atoms with E-state index >= 15 is 0 Å². The molecule has 0 amide bonds. The Morgan fingerprint density at radius 3 is 2.55 bits per heavy atom. The number of hydrogen-bond donors (Lipinski definition) is 1. The van der Waals surface area contributed by atoms with Gasteiger partial charge in [0.15, 0.2) is 5.78 Å². The van der Waals surface area contributed by atoms with Gasteiger partial charge in [0, 0.05) is 22.3 Å². The van der Waals surface area contributed by atoms with Crippen LogP contribution in [0, 0.1) is 6.92 Å². The standard InChI is InChI=1S/C16H13BrClNO/c1-11-3-2-4-14(18)16(11)19-10-9-15(20)12-5-7-13(17)8-6-12/h2-10,19H,1H3. The minimum Gasteiger partial charge on any atom is -0.360 e. The summed E-state index contributed by atoms with van der Waals surface area (Å²) in [5.41, 5.74) is 2.48. The Hall–Kier alpha value is -1.58. The van der Waals surface area contributed by atoms with Crippen molar-refractivity contribution in [1.82, 2.24) is 0 Å². The molecule has 0 heterocycles. The highest BCUT2D eigenvalue weighted by Gasteiger charge is 2.03. The van der Waals surface area contributed by atoms with Crippen molar-refractivity contribution in [1.29, 1.82) is 0 Å². The molecule has 0 aliphatic heterocycles. The minimum atomic E-state index is -0.0605. The molecule has 0 radical (unpaired) electrons. The smallest absolute Gasteiger partial charge is 0.187 e. The molecule has 2 nitrogen and oxygen atoms in total. The van der Waals surface area contributed by atoms with Crippen LogP contribution in [0.2, 0.25) is 5.02 Å². The lowest BCUT2D eigenvalue weighted by atomic mass is 10.1. The van der Waals surface area contributed by atoms with Gasteiger partial charge in [-0.05, 0) is 42.8 Å². The molecule has 0 aliphatic rings. The molecule has 2 rings (SSSR count). The van der Waals surface area contributed by atoms with E-state index in [9.17, 15) is 4.79 Å². The second-order valence-electron chi connectivity index (χ2n) is 4.28. The van der Waals surface area contributed by atoms with Gasteiger partial charge in [0.2, 0.25) is 0 Å². The van der Waals surface area contributed by atoms with Crippen molar-refractivity contribution >= 4 is 39.0 Å². The number of aryl methyl sites for hydroxylation is 1. The van der Waals surface area contributed by atoms with E-state index in [-0.39, 0.29) is 5.78 Å². The van der Waals surface area contributed by atoms with Gasteiger partial charge in [0.1, 0.15) is 0 Å². The van der Waals surface area contributed by atoms with E-state index in [1.165, 1.54) is 6.08 Å². The van der Waals surface area contributed by atoms with Crippen LogP contribution in [0.3, 0.4) is 0 Å². The molecule has 2 aromatic carbocycles. The van der Waals surface area contributed by atoms with Gasteiger partial charge in [-0.2, -0.15) is 0 Å². The molecule has 2 aromatic rings. The third-order valence-electron chi connectivity index (χ3n) is 2.81. The highest BCUT2D eigenvalue weighted by Crippen LogP contribution is 2.25. The highest BCUT2D eigenvalue weighted by atomic mass is 79.9. The molecule has 0 unspecified atom stereocenters. The average Bonchev–Trinajstić information content (AvgIpc) is 2.42. The minimum absolute atomic E-state index is 0.0605. The number of anilines is 1. The summed E-state index contributed by atoms with van der Waals surface area (Å²) >= 11 is 9.43. The molecular weight excluding hydrogens is 338 g/mol. The van der Waals surface area contributed by atoms with Crippen molar-refractivity contribution in [3.63, 3.8) is 0 Å². The molecule has 1 N–H and O–H groups in total. The molecule has 0 spiro atoms. The topological polar surface area (TPSA) is 29.1 Å². The maximum absolute atomic E-state index is 11.9. The number of allylic oxidation sites excluding steroid dienone is 1. The number of para-hydroxylation sites is 1. The normalized spacial score (nSPS) is 10.8. The van der Waals surface area contributed by atoms with Crippen LogP contribution in [-0.4, -0.2) is 5.78 Å². The fourth-order valence-corrected chi connectivity index (χ4v) is 2.27. The summed E-state index contributed by atoms with van der Waals surface area (Å²) in [6, 6.07) is 12.9. The molecule has 4 heteroatoms. The van der Waals surface area contributed by atoms with Crippen LogP contribution in [0.15, 0.2) is 59.2 Å². The maximum Gasteiger partial charge on any atom is 0.187 e. The molecule has 0 bridgehead atoms. The van der Waals surface area contributed by atoms with E-state index in [0.717, 1.165) is 15.7 Å². The van der Waals surface area contributed by atoms with Gasteiger partial charge in [-0.1, -0.05) is 39.7 Å². The lowest BCUT2D eigenvalue weighted by Crippen LogP contribution is -1.97. The summed E-state index contributed by atoms with van der Waals surface area (Å²) in [5.74, 6) is -0.0605. The quantitative estimate of drug-likeness (QED) is 0.605. The van der Waals surface area contributed by atoms with Gasteiger partial charge < -0.3 is 5.32 Å². The number of nitrogens with one attached hydrogen (secondary N) is 1. The van der Waals surface area contributed by atoms with Crippen LogP contribution >= 0.6 is 27.5 Å². The van der Waals surface area contributed by atoms with Gasteiger partial charge in [-0.15, -0.1) is 0 Å². The third kappa shape index (κ3) is 3.71. The van der Waals surface area contributed by atoms with Gasteiger partial charge in [0.25, 0.3) is 0 Å². The Bertz CT molecular complexity index is 630. The third-order valence-corrected chi connectivity index (χ3v) is 3.66. The van der Waals surface area contributed by atoms with Crippen molar-refractivity contribution in [3.05, 3.63) is 75.4 Å². The molecule has 0 saturated carbocycles. The van der Waals surface area contributed by atoms with Crippen LogP contribution in [0.5, 0.6) is 0 Å². The second kappa shape index (κ2) is 6.73. The molecule has 0 saturated heterocycles. The van der Waals surface area contributed by atoms with Crippen LogP contribution in [0.4, 0.5) is 5.69 Å². The number of benzene rings is 2. The van der Waals surface area contributed by atoms with Crippen LogP contribution in [-0.2, 0) is 0 Å². The molecule has 0 atom stereocenters. The molecular formula is C16H13BrClNO. The number of carbonyl (C=O) groups is 1. The Kier molecular flexibility index (Phi) is 4.99. The molecule has 20 heavy (non-hydrogen) atoms. The van der Waals surface area contributed by atoms with E-state index in [4.69, 9.17) is 11.6 Å². The van der Waals surface area contributed by atoms with Crippen molar-refractivity contribution in [2.24, 2.45) is 0 Å². The van der Waals surface area contributed by atoms with Gasteiger partial charge in [-0.3, -0.25) is 4.79 Å². The average molecular weight is 351 g/mol. The number of rotatable bonds is 4. The van der Waals surface area contributed by atoms with E-state index in [1.807, 2.05) is 31.2 Å². The highest BCUT2D eigenvalue weighted by molar-refractivity contribution is 9.10. The molecule has 102 valence electrons. The fraction of sp³-hybridized carbons (Fsp3) is 0.0625. The predicted molar refractivity (Wildman–Crippen MR) is 87.4 cm³/mol. The zero-order valence-electron chi connectivity index (χ0n) is 10.9. The van der Waals surface area contributed by atoms with Crippen molar-refractivity contribution in [2.75, 3.05) is 5.32 Å². The second-order valence-corrected chi connectivity index (χ2v) is 5.60. The summed E-state index contributed by atoms with van der Waals surface area (Å²) in [4.78, 5) is 11.9. The van der Waals surface area contributed by atoms with Crippen molar-refractivity contribution < 1.29 is 4.79 Å². The molecule has 0 aliphatic carbocycles.